The standard InChI is InChI=1S/C13H29N3O/c1-12-11-13(5-7-16(12)4)14-6-9-17-10-8-15(2)3/h12-14H,5-11H2,1-4H3. The molecule has 0 aromatic rings. The molecule has 4 heteroatoms. The molecule has 1 saturated heterocycles. The van der Waals surface area contributed by atoms with Crippen molar-refractivity contribution in [3.8, 4) is 0 Å². The highest BCUT2D eigenvalue weighted by Crippen LogP contribution is 2.14. The molecule has 0 spiro atoms. The Hall–Kier alpha value is -0.160. The molecule has 102 valence electrons. The fraction of sp³-hybridized carbons (Fsp3) is 1.00. The van der Waals surface area contributed by atoms with E-state index in [2.05, 4.69) is 43.2 Å². The molecule has 0 amide bonds. The first-order valence-electron chi connectivity index (χ1n) is 6.75. The van der Waals surface area contributed by atoms with Crippen LogP contribution in [0, 0.1) is 0 Å². The molecular formula is C13H29N3O. The maximum atomic E-state index is 5.57. The van der Waals surface area contributed by atoms with E-state index in [-0.39, 0.29) is 0 Å². The lowest BCUT2D eigenvalue weighted by molar-refractivity contribution is 0.111. The highest BCUT2D eigenvalue weighted by molar-refractivity contribution is 4.80. The normalized spacial score (nSPS) is 26.6. The van der Waals surface area contributed by atoms with Gasteiger partial charge in [0.05, 0.1) is 13.2 Å². The highest BCUT2D eigenvalue weighted by atomic mass is 16.5. The molecule has 0 aromatic carbocycles. The van der Waals surface area contributed by atoms with Crippen molar-refractivity contribution < 1.29 is 4.74 Å². The summed E-state index contributed by atoms with van der Waals surface area (Å²) < 4.78 is 5.57. The molecule has 0 radical (unpaired) electrons. The third-order valence-electron chi connectivity index (χ3n) is 3.57. The molecular weight excluding hydrogens is 214 g/mol. The molecule has 0 aliphatic carbocycles. The second kappa shape index (κ2) is 8.03. The topological polar surface area (TPSA) is 27.7 Å². The molecule has 4 nitrogen and oxygen atoms in total. The summed E-state index contributed by atoms with van der Waals surface area (Å²) in [6.07, 6.45) is 2.52. The third-order valence-corrected chi connectivity index (χ3v) is 3.57. The molecule has 1 aliphatic heterocycles. The van der Waals surface area contributed by atoms with Gasteiger partial charge in [-0.25, -0.2) is 0 Å². The lowest BCUT2D eigenvalue weighted by Gasteiger charge is -2.35. The van der Waals surface area contributed by atoms with E-state index >= 15 is 0 Å². The van der Waals surface area contributed by atoms with Crippen LogP contribution in [0.4, 0.5) is 0 Å². The Morgan fingerprint density at radius 3 is 2.76 bits per heavy atom. The molecule has 1 aliphatic rings. The van der Waals surface area contributed by atoms with Crippen LogP contribution < -0.4 is 5.32 Å². The van der Waals surface area contributed by atoms with Crippen LogP contribution in [0.3, 0.4) is 0 Å². The van der Waals surface area contributed by atoms with Gasteiger partial charge < -0.3 is 19.9 Å². The maximum Gasteiger partial charge on any atom is 0.0593 e. The van der Waals surface area contributed by atoms with Crippen LogP contribution in [-0.4, -0.2) is 75.9 Å². The molecule has 17 heavy (non-hydrogen) atoms. The minimum Gasteiger partial charge on any atom is -0.379 e. The number of likely N-dealkylation sites (N-methyl/N-ethyl adjacent to an activating group) is 1. The first kappa shape index (κ1) is 14.9. The predicted octanol–water partition coefficient (Wildman–Crippen LogP) is 0.637. The van der Waals surface area contributed by atoms with Crippen molar-refractivity contribution in [2.24, 2.45) is 0 Å². The lowest BCUT2D eigenvalue weighted by Crippen LogP contribution is -2.46. The van der Waals surface area contributed by atoms with Crippen molar-refractivity contribution in [1.29, 1.82) is 0 Å². The van der Waals surface area contributed by atoms with Crippen LogP contribution >= 0.6 is 0 Å². The Morgan fingerprint density at radius 2 is 2.12 bits per heavy atom. The van der Waals surface area contributed by atoms with Gasteiger partial charge in [-0.3, -0.25) is 0 Å². The van der Waals surface area contributed by atoms with Gasteiger partial charge in [-0.05, 0) is 47.5 Å². The monoisotopic (exact) mass is 243 g/mol. The van der Waals surface area contributed by atoms with Gasteiger partial charge in [0.25, 0.3) is 0 Å². The van der Waals surface area contributed by atoms with Crippen LogP contribution in [-0.2, 0) is 4.74 Å². The van der Waals surface area contributed by atoms with Gasteiger partial charge >= 0.3 is 0 Å². The molecule has 1 fully saturated rings. The van der Waals surface area contributed by atoms with Crippen LogP contribution in [0.5, 0.6) is 0 Å². The molecule has 2 unspecified atom stereocenters. The van der Waals surface area contributed by atoms with E-state index in [1.165, 1.54) is 19.4 Å². The number of nitrogens with zero attached hydrogens (tertiary/aromatic N) is 2. The van der Waals surface area contributed by atoms with Crippen molar-refractivity contribution in [3.05, 3.63) is 0 Å². The summed E-state index contributed by atoms with van der Waals surface area (Å²) >= 11 is 0. The van der Waals surface area contributed by atoms with Crippen molar-refractivity contribution in [1.82, 2.24) is 15.1 Å². The van der Waals surface area contributed by atoms with Gasteiger partial charge in [-0.2, -0.15) is 0 Å². The van der Waals surface area contributed by atoms with E-state index in [0.29, 0.717) is 12.1 Å². The summed E-state index contributed by atoms with van der Waals surface area (Å²) in [6, 6.07) is 1.38. The Kier molecular flexibility index (Phi) is 7.04. The molecule has 0 aromatic heterocycles. The van der Waals surface area contributed by atoms with Gasteiger partial charge in [-0.1, -0.05) is 0 Å². The van der Waals surface area contributed by atoms with Crippen LogP contribution in [0.1, 0.15) is 19.8 Å². The molecule has 2 atom stereocenters. The minimum atomic E-state index is 0.679. The summed E-state index contributed by atoms with van der Waals surface area (Å²) in [5.41, 5.74) is 0. The minimum absolute atomic E-state index is 0.679. The fourth-order valence-electron chi connectivity index (χ4n) is 2.16. The Balaban J connectivity index is 1.96. The van der Waals surface area contributed by atoms with Crippen molar-refractivity contribution in [3.63, 3.8) is 0 Å². The van der Waals surface area contributed by atoms with Crippen molar-refractivity contribution >= 4 is 0 Å². The molecule has 0 saturated carbocycles. The second-order valence-corrected chi connectivity index (χ2v) is 5.42. The molecule has 0 bridgehead atoms. The zero-order chi connectivity index (χ0) is 12.7. The first-order chi connectivity index (χ1) is 8.09. The van der Waals surface area contributed by atoms with Crippen molar-refractivity contribution in [2.75, 3.05) is 54.0 Å². The summed E-state index contributed by atoms with van der Waals surface area (Å²) in [7, 11) is 6.36. The lowest BCUT2D eigenvalue weighted by atomic mass is 9.99. The number of piperidine rings is 1. The molecule has 1 rings (SSSR count). The van der Waals surface area contributed by atoms with Crippen LogP contribution in [0.15, 0.2) is 0 Å². The number of nitrogens with one attached hydrogen (secondary N) is 1. The number of likely N-dealkylation sites (tertiary alicyclic amines) is 1. The average molecular weight is 243 g/mol. The first-order valence-corrected chi connectivity index (χ1v) is 6.75. The summed E-state index contributed by atoms with van der Waals surface area (Å²) in [4.78, 5) is 4.58. The largest absolute Gasteiger partial charge is 0.379 e. The number of ether oxygens (including phenoxy) is 1. The van der Waals surface area contributed by atoms with E-state index in [4.69, 9.17) is 4.74 Å². The zero-order valence-corrected chi connectivity index (χ0v) is 11.9. The predicted molar refractivity (Wildman–Crippen MR) is 72.5 cm³/mol. The van der Waals surface area contributed by atoms with Gasteiger partial charge in [0.1, 0.15) is 0 Å². The Labute approximate surface area is 106 Å². The summed E-state index contributed by atoms with van der Waals surface area (Å²) in [5.74, 6) is 0. The Bertz CT molecular complexity index is 199. The van der Waals surface area contributed by atoms with E-state index in [1.807, 2.05) is 0 Å². The second-order valence-electron chi connectivity index (χ2n) is 5.42. The van der Waals surface area contributed by atoms with Gasteiger partial charge in [0.15, 0.2) is 0 Å². The van der Waals surface area contributed by atoms with E-state index in [9.17, 15) is 0 Å². The van der Waals surface area contributed by atoms with Crippen LogP contribution in [0.2, 0.25) is 0 Å². The third kappa shape index (κ3) is 6.36. The van der Waals surface area contributed by atoms with Crippen molar-refractivity contribution in [2.45, 2.75) is 31.8 Å². The van der Waals surface area contributed by atoms with E-state index in [1.54, 1.807) is 0 Å². The van der Waals surface area contributed by atoms with Gasteiger partial charge in [0, 0.05) is 25.2 Å². The maximum absolute atomic E-state index is 5.57. The SMILES string of the molecule is CC1CC(NCCOCCN(C)C)CCN1C. The quantitative estimate of drug-likeness (QED) is 0.664. The number of rotatable bonds is 7. The zero-order valence-electron chi connectivity index (χ0n) is 11.9. The molecule has 1 heterocycles. The number of hydrogen-bond acceptors (Lipinski definition) is 4. The van der Waals surface area contributed by atoms with Gasteiger partial charge in [0.2, 0.25) is 0 Å². The smallest absolute Gasteiger partial charge is 0.0593 e. The van der Waals surface area contributed by atoms with E-state index < -0.39 is 0 Å². The Morgan fingerprint density at radius 1 is 1.35 bits per heavy atom. The highest BCUT2D eigenvalue weighted by Gasteiger charge is 2.21. The fourth-order valence-corrected chi connectivity index (χ4v) is 2.16. The van der Waals surface area contributed by atoms with Gasteiger partial charge in [-0.15, -0.1) is 0 Å². The number of hydrogen-bond donors (Lipinski definition) is 1. The molecule has 1 N–H and O–H groups in total. The van der Waals surface area contributed by atoms with Crippen LogP contribution in [0.25, 0.3) is 0 Å². The average Bonchev–Trinajstić information content (AvgIpc) is 2.27. The summed E-state index contributed by atoms with van der Waals surface area (Å²) in [6.45, 7) is 7.16. The van der Waals surface area contributed by atoms with E-state index in [0.717, 1.165) is 26.3 Å². The summed E-state index contributed by atoms with van der Waals surface area (Å²) in [5, 5.41) is 3.60.